The van der Waals surface area contributed by atoms with Gasteiger partial charge in [0.15, 0.2) is 0 Å². The van der Waals surface area contributed by atoms with E-state index in [0.29, 0.717) is 0 Å². The van der Waals surface area contributed by atoms with Crippen molar-refractivity contribution >= 4 is 5.97 Å². The van der Waals surface area contributed by atoms with Crippen LogP contribution >= 0.6 is 0 Å². The highest BCUT2D eigenvalue weighted by Crippen LogP contribution is 2.23. The highest BCUT2D eigenvalue weighted by molar-refractivity contribution is 5.91. The fourth-order valence-electron chi connectivity index (χ4n) is 1.48. The Kier molecular flexibility index (Phi) is 5.21. The first kappa shape index (κ1) is 14.6. The highest BCUT2D eigenvalue weighted by atomic mass is 19.1. The second kappa shape index (κ2) is 6.44. The van der Waals surface area contributed by atoms with Crippen molar-refractivity contribution in [1.29, 1.82) is 0 Å². The number of aliphatic hydroxyl groups is 3. The minimum atomic E-state index is -1.56. The van der Waals surface area contributed by atoms with Crippen LogP contribution in [0, 0.1) is 5.82 Å². The Balaban J connectivity index is 3.14. The Morgan fingerprint density at radius 3 is 2.67 bits per heavy atom. The molecule has 0 aliphatic rings. The van der Waals surface area contributed by atoms with Gasteiger partial charge in [0, 0.05) is 5.56 Å². The number of esters is 1. The molecule has 3 N–H and O–H groups in total. The summed E-state index contributed by atoms with van der Waals surface area (Å²) >= 11 is 0. The van der Waals surface area contributed by atoms with E-state index in [1.807, 2.05) is 0 Å². The van der Waals surface area contributed by atoms with E-state index in [1.54, 1.807) is 6.92 Å². The molecule has 0 saturated heterocycles. The largest absolute Gasteiger partial charge is 0.462 e. The minimum Gasteiger partial charge on any atom is -0.462 e. The lowest BCUT2D eigenvalue weighted by Crippen LogP contribution is -2.24. The lowest BCUT2D eigenvalue weighted by Gasteiger charge is -2.18. The van der Waals surface area contributed by atoms with Crippen molar-refractivity contribution in [1.82, 2.24) is 0 Å². The molecule has 18 heavy (non-hydrogen) atoms. The summed E-state index contributed by atoms with van der Waals surface area (Å²) in [6.07, 6.45) is -3.06. The van der Waals surface area contributed by atoms with E-state index in [4.69, 9.17) is 9.84 Å². The van der Waals surface area contributed by atoms with E-state index in [-0.39, 0.29) is 17.7 Å². The zero-order valence-electron chi connectivity index (χ0n) is 9.84. The first-order valence-electron chi connectivity index (χ1n) is 5.44. The first-order valence-corrected chi connectivity index (χ1v) is 5.44. The van der Waals surface area contributed by atoms with Gasteiger partial charge in [0.05, 0.1) is 18.8 Å². The van der Waals surface area contributed by atoms with Crippen molar-refractivity contribution in [2.45, 2.75) is 19.1 Å². The van der Waals surface area contributed by atoms with E-state index in [1.165, 1.54) is 0 Å². The van der Waals surface area contributed by atoms with Gasteiger partial charge in [0.1, 0.15) is 18.0 Å². The molecule has 0 aromatic heterocycles. The van der Waals surface area contributed by atoms with E-state index < -0.39 is 30.6 Å². The molecule has 0 aliphatic heterocycles. The molecule has 0 amide bonds. The Morgan fingerprint density at radius 2 is 2.11 bits per heavy atom. The molecule has 6 heteroatoms. The molecular weight excluding hydrogens is 243 g/mol. The first-order chi connectivity index (χ1) is 8.51. The van der Waals surface area contributed by atoms with Gasteiger partial charge in [0.2, 0.25) is 0 Å². The fraction of sp³-hybridized carbons (Fsp3) is 0.417. The molecule has 0 fully saturated rings. The van der Waals surface area contributed by atoms with Crippen LogP contribution in [0.15, 0.2) is 18.2 Å². The average molecular weight is 258 g/mol. The van der Waals surface area contributed by atoms with Gasteiger partial charge >= 0.3 is 5.97 Å². The van der Waals surface area contributed by atoms with Crippen LogP contribution in [0.25, 0.3) is 0 Å². The van der Waals surface area contributed by atoms with E-state index in [9.17, 15) is 19.4 Å². The molecule has 1 aromatic rings. The second-order valence-corrected chi connectivity index (χ2v) is 3.65. The number of carbonyl (C=O) groups excluding carboxylic acids is 1. The number of hydrogen-bond acceptors (Lipinski definition) is 5. The molecule has 0 spiro atoms. The monoisotopic (exact) mass is 258 g/mol. The third kappa shape index (κ3) is 3.25. The van der Waals surface area contributed by atoms with E-state index >= 15 is 0 Å². The summed E-state index contributed by atoms with van der Waals surface area (Å²) in [6, 6.07) is 3.14. The standard InChI is InChI=1S/C12H15FO5/c1-2-18-12(17)8-4-3-7(13)5-9(8)11(16)10(15)6-14/h3-5,10-11,14-16H,2,6H2,1H3. The summed E-state index contributed by atoms with van der Waals surface area (Å²) in [5, 5.41) is 27.8. The number of carbonyl (C=O) groups is 1. The van der Waals surface area contributed by atoms with Crippen LogP contribution in [-0.4, -0.2) is 40.6 Å². The molecule has 5 nitrogen and oxygen atoms in total. The Labute approximate surface area is 103 Å². The third-order valence-electron chi connectivity index (χ3n) is 2.38. The van der Waals surface area contributed by atoms with Gasteiger partial charge in [0.25, 0.3) is 0 Å². The molecule has 100 valence electrons. The topological polar surface area (TPSA) is 87.0 Å². The molecule has 2 atom stereocenters. The van der Waals surface area contributed by atoms with Crippen molar-refractivity contribution in [3.8, 4) is 0 Å². The fourth-order valence-corrected chi connectivity index (χ4v) is 1.48. The second-order valence-electron chi connectivity index (χ2n) is 3.65. The van der Waals surface area contributed by atoms with Crippen LogP contribution in [0.4, 0.5) is 4.39 Å². The lowest BCUT2D eigenvalue weighted by atomic mass is 9.98. The maximum atomic E-state index is 13.1. The molecule has 0 saturated carbocycles. The zero-order valence-corrected chi connectivity index (χ0v) is 9.84. The molecule has 0 aliphatic carbocycles. The summed E-state index contributed by atoms with van der Waals surface area (Å²) in [5.74, 6) is -1.39. The quantitative estimate of drug-likeness (QED) is 0.665. The SMILES string of the molecule is CCOC(=O)c1ccc(F)cc1C(O)C(O)CO. The highest BCUT2D eigenvalue weighted by Gasteiger charge is 2.24. The van der Waals surface area contributed by atoms with Gasteiger partial charge in [-0.3, -0.25) is 0 Å². The number of ether oxygens (including phenoxy) is 1. The van der Waals surface area contributed by atoms with Gasteiger partial charge in [-0.25, -0.2) is 9.18 Å². The summed E-state index contributed by atoms with van der Waals surface area (Å²) < 4.78 is 17.9. The maximum Gasteiger partial charge on any atom is 0.338 e. The molecule has 0 heterocycles. The molecule has 0 radical (unpaired) electrons. The van der Waals surface area contributed by atoms with Crippen LogP contribution in [0.2, 0.25) is 0 Å². The van der Waals surface area contributed by atoms with Gasteiger partial charge in [-0.15, -0.1) is 0 Å². The summed E-state index contributed by atoms with van der Waals surface area (Å²) in [6.45, 7) is 1.04. The minimum absolute atomic E-state index is 0.0433. The van der Waals surface area contributed by atoms with Gasteiger partial charge in [-0.2, -0.15) is 0 Å². The Bertz CT molecular complexity index is 421. The lowest BCUT2D eigenvalue weighted by molar-refractivity contribution is -0.0160. The van der Waals surface area contributed by atoms with Gasteiger partial charge < -0.3 is 20.1 Å². The number of aliphatic hydroxyl groups excluding tert-OH is 3. The molecule has 1 aromatic carbocycles. The predicted octanol–water partition coefficient (Wildman–Crippen LogP) is 0.389. The Hall–Kier alpha value is -1.50. The summed E-state index contributed by atoms with van der Waals surface area (Å²) in [7, 11) is 0. The number of benzene rings is 1. The van der Waals surface area contributed by atoms with Crippen molar-refractivity contribution in [3.63, 3.8) is 0 Å². The predicted molar refractivity (Wildman–Crippen MR) is 60.4 cm³/mol. The average Bonchev–Trinajstić information content (AvgIpc) is 2.37. The third-order valence-corrected chi connectivity index (χ3v) is 2.38. The molecule has 0 bridgehead atoms. The summed E-state index contributed by atoms with van der Waals surface area (Å²) in [4.78, 5) is 11.6. The zero-order chi connectivity index (χ0) is 13.7. The van der Waals surface area contributed by atoms with E-state index in [0.717, 1.165) is 18.2 Å². The molecule has 2 unspecified atom stereocenters. The van der Waals surface area contributed by atoms with Gasteiger partial charge in [-0.05, 0) is 25.1 Å². The number of rotatable bonds is 5. The normalized spacial score (nSPS) is 14.1. The van der Waals surface area contributed by atoms with Crippen LogP contribution < -0.4 is 0 Å². The van der Waals surface area contributed by atoms with E-state index in [2.05, 4.69) is 0 Å². The van der Waals surface area contributed by atoms with Crippen molar-refractivity contribution in [3.05, 3.63) is 35.1 Å². The van der Waals surface area contributed by atoms with Crippen molar-refractivity contribution in [2.75, 3.05) is 13.2 Å². The summed E-state index contributed by atoms with van der Waals surface area (Å²) in [5.41, 5.74) is -0.159. The number of hydrogen-bond donors (Lipinski definition) is 3. The van der Waals surface area contributed by atoms with Crippen LogP contribution in [0.1, 0.15) is 28.9 Å². The molecule has 1 rings (SSSR count). The van der Waals surface area contributed by atoms with Crippen LogP contribution in [-0.2, 0) is 4.74 Å². The molecular formula is C12H15FO5. The van der Waals surface area contributed by atoms with Gasteiger partial charge in [-0.1, -0.05) is 0 Å². The van der Waals surface area contributed by atoms with Crippen LogP contribution in [0.3, 0.4) is 0 Å². The van der Waals surface area contributed by atoms with Crippen LogP contribution in [0.5, 0.6) is 0 Å². The smallest absolute Gasteiger partial charge is 0.338 e. The Morgan fingerprint density at radius 1 is 1.44 bits per heavy atom. The van der Waals surface area contributed by atoms with Crippen molar-refractivity contribution in [2.24, 2.45) is 0 Å². The number of halogens is 1. The maximum absolute atomic E-state index is 13.1. The van der Waals surface area contributed by atoms with Crippen molar-refractivity contribution < 1.29 is 29.2 Å².